The highest BCUT2D eigenvalue weighted by molar-refractivity contribution is 5.99. The van der Waals surface area contributed by atoms with Crippen molar-refractivity contribution in [2.24, 2.45) is 0 Å². The normalized spacial score (nSPS) is 10.9. The molecule has 3 heteroatoms. The maximum atomic E-state index is 12.6. The molecule has 2 rings (SSSR count). The average molecular weight is 206 g/mol. The van der Waals surface area contributed by atoms with Crippen LogP contribution in [-0.2, 0) is 0 Å². The van der Waals surface area contributed by atoms with E-state index in [1.54, 1.807) is 24.3 Å². The van der Waals surface area contributed by atoms with Gasteiger partial charge in [0, 0.05) is 11.1 Å². The quantitative estimate of drug-likeness (QED) is 0.686. The summed E-state index contributed by atoms with van der Waals surface area (Å²) in [5.74, 6) is 0. The fourth-order valence-electron chi connectivity index (χ4n) is 1.65. The average Bonchev–Trinajstić information content (AvgIpc) is 2.27. The molecule has 0 aromatic heterocycles. The maximum Gasteiger partial charge on any atom is 0.264 e. The van der Waals surface area contributed by atoms with E-state index in [0.29, 0.717) is 22.6 Å². The zero-order valence-corrected chi connectivity index (χ0v) is 7.78. The molecular formula is C12H8F2O. The van der Waals surface area contributed by atoms with E-state index < -0.39 is 6.43 Å². The van der Waals surface area contributed by atoms with E-state index >= 15 is 0 Å². The third kappa shape index (κ3) is 1.61. The molecule has 0 spiro atoms. The number of alkyl halides is 2. The van der Waals surface area contributed by atoms with Crippen LogP contribution in [0.3, 0.4) is 0 Å². The van der Waals surface area contributed by atoms with E-state index in [-0.39, 0.29) is 5.56 Å². The van der Waals surface area contributed by atoms with Gasteiger partial charge in [-0.05, 0) is 10.8 Å². The van der Waals surface area contributed by atoms with Crippen LogP contribution in [0.15, 0.2) is 36.4 Å². The second-order valence-electron chi connectivity index (χ2n) is 3.21. The van der Waals surface area contributed by atoms with Crippen molar-refractivity contribution in [2.45, 2.75) is 6.43 Å². The number of benzene rings is 2. The smallest absolute Gasteiger partial charge is 0.264 e. The predicted molar refractivity (Wildman–Crippen MR) is 54.3 cm³/mol. The van der Waals surface area contributed by atoms with E-state index in [1.165, 1.54) is 12.1 Å². The van der Waals surface area contributed by atoms with Gasteiger partial charge in [0.15, 0.2) is 6.29 Å². The Morgan fingerprint density at radius 3 is 2.33 bits per heavy atom. The first kappa shape index (κ1) is 9.77. The topological polar surface area (TPSA) is 17.1 Å². The minimum absolute atomic E-state index is 0.0313. The molecule has 0 bridgehead atoms. The molecule has 0 aliphatic carbocycles. The van der Waals surface area contributed by atoms with Gasteiger partial charge in [0.25, 0.3) is 6.43 Å². The second-order valence-corrected chi connectivity index (χ2v) is 3.21. The van der Waals surface area contributed by atoms with Crippen LogP contribution in [0.4, 0.5) is 8.78 Å². The molecule has 0 atom stereocenters. The summed E-state index contributed by atoms with van der Waals surface area (Å²) < 4.78 is 25.3. The third-order valence-corrected chi connectivity index (χ3v) is 2.35. The first-order valence-corrected chi connectivity index (χ1v) is 4.49. The van der Waals surface area contributed by atoms with Gasteiger partial charge in [-0.15, -0.1) is 0 Å². The summed E-state index contributed by atoms with van der Waals surface area (Å²) in [5, 5.41) is 1.02. The summed E-state index contributed by atoms with van der Waals surface area (Å²) in [5.41, 5.74) is 0.409. The highest BCUT2D eigenvalue weighted by Gasteiger charge is 2.11. The molecular weight excluding hydrogens is 198 g/mol. The number of fused-ring (bicyclic) bond motifs is 1. The minimum Gasteiger partial charge on any atom is -0.298 e. The van der Waals surface area contributed by atoms with Gasteiger partial charge in [0.05, 0.1) is 0 Å². The SMILES string of the molecule is O=Cc1cccc2c(C(F)F)cccc12. The molecule has 2 aromatic carbocycles. The summed E-state index contributed by atoms with van der Waals surface area (Å²) in [7, 11) is 0. The lowest BCUT2D eigenvalue weighted by atomic mass is 10.0. The van der Waals surface area contributed by atoms with Crippen molar-refractivity contribution in [1.82, 2.24) is 0 Å². The summed E-state index contributed by atoms with van der Waals surface area (Å²) in [6, 6.07) is 9.41. The highest BCUT2D eigenvalue weighted by atomic mass is 19.3. The standard InChI is InChI=1S/C12H8F2O/c13-12(14)11-6-2-4-9-8(7-15)3-1-5-10(9)11/h1-7,12H. The molecule has 15 heavy (non-hydrogen) atoms. The van der Waals surface area contributed by atoms with Crippen LogP contribution in [0.1, 0.15) is 22.3 Å². The van der Waals surface area contributed by atoms with Crippen molar-refractivity contribution >= 4 is 17.1 Å². The van der Waals surface area contributed by atoms with Crippen LogP contribution in [0.5, 0.6) is 0 Å². The Balaban J connectivity index is 2.82. The van der Waals surface area contributed by atoms with Crippen molar-refractivity contribution in [3.63, 3.8) is 0 Å². The fourth-order valence-corrected chi connectivity index (χ4v) is 1.65. The van der Waals surface area contributed by atoms with Gasteiger partial charge in [0.2, 0.25) is 0 Å². The zero-order valence-electron chi connectivity index (χ0n) is 7.78. The summed E-state index contributed by atoms with van der Waals surface area (Å²) >= 11 is 0. The molecule has 0 radical (unpaired) electrons. The van der Waals surface area contributed by atoms with E-state index in [9.17, 15) is 13.6 Å². The lowest BCUT2D eigenvalue weighted by molar-refractivity contribution is 0.112. The Labute approximate surface area is 85.3 Å². The van der Waals surface area contributed by atoms with Crippen LogP contribution in [-0.4, -0.2) is 6.29 Å². The van der Waals surface area contributed by atoms with Crippen molar-refractivity contribution < 1.29 is 13.6 Å². The Kier molecular flexibility index (Phi) is 2.46. The molecule has 0 fully saturated rings. The molecule has 0 aliphatic heterocycles. The van der Waals surface area contributed by atoms with Crippen molar-refractivity contribution in [3.05, 3.63) is 47.5 Å². The molecule has 0 N–H and O–H groups in total. The summed E-state index contributed by atoms with van der Waals surface area (Å²) in [6.07, 6.45) is -1.84. The fraction of sp³-hybridized carbons (Fsp3) is 0.0833. The zero-order chi connectivity index (χ0) is 10.8. The van der Waals surface area contributed by atoms with E-state index in [4.69, 9.17) is 0 Å². The van der Waals surface area contributed by atoms with Gasteiger partial charge in [-0.2, -0.15) is 0 Å². The van der Waals surface area contributed by atoms with E-state index in [1.807, 2.05) is 0 Å². The lowest BCUT2D eigenvalue weighted by Gasteiger charge is -2.06. The number of rotatable bonds is 2. The van der Waals surface area contributed by atoms with Crippen LogP contribution in [0.2, 0.25) is 0 Å². The van der Waals surface area contributed by atoms with E-state index in [2.05, 4.69) is 0 Å². The maximum absolute atomic E-state index is 12.6. The van der Waals surface area contributed by atoms with Gasteiger partial charge in [-0.25, -0.2) is 8.78 Å². The van der Waals surface area contributed by atoms with Gasteiger partial charge in [-0.3, -0.25) is 4.79 Å². The summed E-state index contributed by atoms with van der Waals surface area (Å²) in [4.78, 5) is 10.7. The Bertz CT molecular complexity index is 506. The Hall–Kier alpha value is -1.77. The first-order valence-electron chi connectivity index (χ1n) is 4.49. The van der Waals surface area contributed by atoms with Gasteiger partial charge in [0.1, 0.15) is 0 Å². The number of hydrogen-bond acceptors (Lipinski definition) is 1. The molecule has 0 amide bonds. The third-order valence-electron chi connectivity index (χ3n) is 2.35. The molecule has 0 saturated carbocycles. The molecule has 0 aliphatic rings. The monoisotopic (exact) mass is 206 g/mol. The molecule has 1 nitrogen and oxygen atoms in total. The first-order chi connectivity index (χ1) is 7.24. The molecule has 76 valence electrons. The largest absolute Gasteiger partial charge is 0.298 e. The van der Waals surface area contributed by atoms with Crippen molar-refractivity contribution in [1.29, 1.82) is 0 Å². The number of aldehydes is 1. The van der Waals surface area contributed by atoms with Gasteiger partial charge < -0.3 is 0 Å². The second kappa shape index (κ2) is 3.77. The number of hydrogen-bond donors (Lipinski definition) is 0. The van der Waals surface area contributed by atoms with Crippen LogP contribution in [0, 0.1) is 0 Å². The van der Waals surface area contributed by atoms with E-state index in [0.717, 1.165) is 0 Å². The predicted octanol–water partition coefficient (Wildman–Crippen LogP) is 3.59. The summed E-state index contributed by atoms with van der Waals surface area (Å²) in [6.45, 7) is 0. The van der Waals surface area contributed by atoms with Crippen molar-refractivity contribution in [2.75, 3.05) is 0 Å². The number of halogens is 2. The molecule has 2 aromatic rings. The molecule has 0 heterocycles. The Morgan fingerprint density at radius 2 is 1.67 bits per heavy atom. The number of carbonyl (C=O) groups is 1. The molecule has 0 saturated heterocycles. The lowest BCUT2D eigenvalue weighted by Crippen LogP contribution is -1.89. The van der Waals surface area contributed by atoms with Crippen LogP contribution >= 0.6 is 0 Å². The van der Waals surface area contributed by atoms with Crippen LogP contribution < -0.4 is 0 Å². The molecule has 0 unspecified atom stereocenters. The van der Waals surface area contributed by atoms with Gasteiger partial charge in [-0.1, -0.05) is 36.4 Å². The highest BCUT2D eigenvalue weighted by Crippen LogP contribution is 2.28. The van der Waals surface area contributed by atoms with Crippen molar-refractivity contribution in [3.8, 4) is 0 Å². The minimum atomic E-state index is -2.52. The van der Waals surface area contributed by atoms with Gasteiger partial charge >= 0.3 is 0 Å². The number of carbonyl (C=O) groups excluding carboxylic acids is 1. The van der Waals surface area contributed by atoms with Crippen LogP contribution in [0.25, 0.3) is 10.8 Å². The Morgan fingerprint density at radius 1 is 1.00 bits per heavy atom.